The Labute approximate surface area is 128 Å². The number of carbonyl (C=O) groups excluding carboxylic acids is 1. The average molecular weight is 299 g/mol. The largest absolute Gasteiger partial charge is 0.545 e. The minimum absolute atomic E-state index is 0.0348. The van der Waals surface area contributed by atoms with Gasteiger partial charge in [-0.2, -0.15) is 0 Å². The summed E-state index contributed by atoms with van der Waals surface area (Å²) in [4.78, 5) is 11.0. The van der Waals surface area contributed by atoms with Crippen molar-refractivity contribution >= 4 is 5.97 Å². The lowest BCUT2D eigenvalue weighted by Crippen LogP contribution is -2.30. The zero-order valence-corrected chi connectivity index (χ0v) is 12.0. The summed E-state index contributed by atoms with van der Waals surface area (Å²) in [5.74, 6) is -1.94. The maximum atomic E-state index is 14.0. The highest BCUT2D eigenvalue weighted by Crippen LogP contribution is 2.43. The molecule has 0 N–H and O–H groups in total. The van der Waals surface area contributed by atoms with Crippen molar-refractivity contribution in [2.45, 2.75) is 31.3 Å². The molecular formula is C18H16FO3-. The molecule has 0 bridgehead atoms. The van der Waals surface area contributed by atoms with Crippen LogP contribution in [-0.4, -0.2) is 5.97 Å². The molecule has 4 heteroatoms. The van der Waals surface area contributed by atoms with Gasteiger partial charge in [-0.1, -0.05) is 30.3 Å². The number of carboxylic acids is 1. The SMILES string of the molecule is O=C([O-])c1ccc(F)c(OC2(c3ccccc3)CCCC2)c1. The van der Waals surface area contributed by atoms with Crippen molar-refractivity contribution in [3.05, 3.63) is 65.5 Å². The van der Waals surface area contributed by atoms with Gasteiger partial charge in [0.15, 0.2) is 11.6 Å². The van der Waals surface area contributed by atoms with Gasteiger partial charge < -0.3 is 14.6 Å². The van der Waals surface area contributed by atoms with Gasteiger partial charge in [0.2, 0.25) is 0 Å². The highest BCUT2D eigenvalue weighted by atomic mass is 19.1. The number of ether oxygens (including phenoxy) is 1. The van der Waals surface area contributed by atoms with Gasteiger partial charge in [-0.3, -0.25) is 0 Å². The number of aromatic carboxylic acids is 1. The van der Waals surface area contributed by atoms with Crippen molar-refractivity contribution in [1.82, 2.24) is 0 Å². The zero-order chi connectivity index (χ0) is 15.6. The fourth-order valence-corrected chi connectivity index (χ4v) is 3.06. The third kappa shape index (κ3) is 2.69. The Morgan fingerprint density at radius 3 is 2.41 bits per heavy atom. The van der Waals surface area contributed by atoms with Gasteiger partial charge in [0, 0.05) is 5.56 Å². The van der Waals surface area contributed by atoms with E-state index < -0.39 is 17.4 Å². The van der Waals surface area contributed by atoms with Crippen LogP contribution < -0.4 is 9.84 Å². The van der Waals surface area contributed by atoms with Gasteiger partial charge in [-0.25, -0.2) is 4.39 Å². The Bertz CT molecular complexity index is 676. The molecular weight excluding hydrogens is 283 g/mol. The lowest BCUT2D eigenvalue weighted by atomic mass is 9.92. The van der Waals surface area contributed by atoms with Gasteiger partial charge in [-0.05, 0) is 49.4 Å². The van der Waals surface area contributed by atoms with E-state index in [0.717, 1.165) is 37.3 Å². The van der Waals surface area contributed by atoms with Crippen LogP contribution in [0.5, 0.6) is 5.75 Å². The van der Waals surface area contributed by atoms with E-state index in [2.05, 4.69) is 0 Å². The molecule has 3 nitrogen and oxygen atoms in total. The Morgan fingerprint density at radius 1 is 1.09 bits per heavy atom. The van der Waals surface area contributed by atoms with Crippen LogP contribution >= 0.6 is 0 Å². The molecule has 2 aromatic rings. The fourth-order valence-electron chi connectivity index (χ4n) is 3.06. The number of rotatable bonds is 4. The van der Waals surface area contributed by atoms with Crippen molar-refractivity contribution in [3.8, 4) is 5.75 Å². The highest BCUT2D eigenvalue weighted by Gasteiger charge is 2.38. The summed E-state index contributed by atoms with van der Waals surface area (Å²) >= 11 is 0. The van der Waals surface area contributed by atoms with Gasteiger partial charge >= 0.3 is 0 Å². The third-order valence-corrected chi connectivity index (χ3v) is 4.18. The Balaban J connectivity index is 1.99. The molecule has 1 aliphatic rings. The smallest absolute Gasteiger partial charge is 0.165 e. The van der Waals surface area contributed by atoms with E-state index in [1.54, 1.807) is 0 Å². The molecule has 1 saturated carbocycles. The molecule has 22 heavy (non-hydrogen) atoms. The number of hydrogen-bond donors (Lipinski definition) is 0. The second-order valence-corrected chi connectivity index (χ2v) is 5.60. The van der Waals surface area contributed by atoms with Crippen LogP contribution in [0.25, 0.3) is 0 Å². The lowest BCUT2D eigenvalue weighted by molar-refractivity contribution is -0.255. The van der Waals surface area contributed by atoms with Crippen molar-refractivity contribution < 1.29 is 19.0 Å². The van der Waals surface area contributed by atoms with Crippen molar-refractivity contribution in [2.24, 2.45) is 0 Å². The van der Waals surface area contributed by atoms with E-state index in [4.69, 9.17) is 4.74 Å². The van der Waals surface area contributed by atoms with E-state index in [9.17, 15) is 14.3 Å². The van der Waals surface area contributed by atoms with Crippen LogP contribution in [0.15, 0.2) is 48.5 Å². The van der Waals surface area contributed by atoms with Gasteiger partial charge in [0.25, 0.3) is 0 Å². The first kappa shape index (κ1) is 14.6. The Kier molecular flexibility index (Phi) is 3.84. The number of carbonyl (C=O) groups is 1. The van der Waals surface area contributed by atoms with Crippen LogP contribution in [0.2, 0.25) is 0 Å². The lowest BCUT2D eigenvalue weighted by Gasteiger charge is -2.31. The molecule has 0 aliphatic heterocycles. The first-order valence-electron chi connectivity index (χ1n) is 7.36. The summed E-state index contributed by atoms with van der Waals surface area (Å²) in [5.41, 5.74) is 0.315. The molecule has 1 aliphatic carbocycles. The van der Waals surface area contributed by atoms with Crippen molar-refractivity contribution in [1.29, 1.82) is 0 Å². The molecule has 114 valence electrons. The molecule has 0 unspecified atom stereocenters. The van der Waals surface area contributed by atoms with E-state index in [0.29, 0.717) is 0 Å². The topological polar surface area (TPSA) is 49.4 Å². The first-order chi connectivity index (χ1) is 10.6. The molecule has 1 fully saturated rings. The van der Waals surface area contributed by atoms with Crippen LogP contribution in [0.4, 0.5) is 4.39 Å². The Morgan fingerprint density at radius 2 is 1.77 bits per heavy atom. The minimum Gasteiger partial charge on any atom is -0.545 e. The van der Waals surface area contributed by atoms with Gasteiger partial charge in [0.05, 0.1) is 5.97 Å². The number of halogens is 1. The van der Waals surface area contributed by atoms with Crippen LogP contribution in [0.1, 0.15) is 41.6 Å². The number of benzene rings is 2. The maximum Gasteiger partial charge on any atom is 0.165 e. The normalized spacial score (nSPS) is 16.4. The van der Waals surface area contributed by atoms with Gasteiger partial charge in [0.1, 0.15) is 5.60 Å². The second-order valence-electron chi connectivity index (χ2n) is 5.60. The fraction of sp³-hybridized carbons (Fsp3) is 0.278. The third-order valence-electron chi connectivity index (χ3n) is 4.18. The maximum absolute atomic E-state index is 14.0. The monoisotopic (exact) mass is 299 g/mol. The zero-order valence-electron chi connectivity index (χ0n) is 12.0. The molecule has 0 spiro atoms. The number of carboxylic acid groups (broad SMARTS) is 1. The van der Waals surface area contributed by atoms with Crippen LogP contribution in [0.3, 0.4) is 0 Å². The van der Waals surface area contributed by atoms with E-state index in [1.165, 1.54) is 12.1 Å². The minimum atomic E-state index is -1.34. The molecule has 0 saturated heterocycles. The molecule has 0 amide bonds. The second kappa shape index (κ2) is 5.79. The predicted molar refractivity (Wildman–Crippen MR) is 77.9 cm³/mol. The summed E-state index contributed by atoms with van der Waals surface area (Å²) < 4.78 is 20.0. The van der Waals surface area contributed by atoms with E-state index >= 15 is 0 Å². The average Bonchev–Trinajstić information content (AvgIpc) is 3.00. The van der Waals surface area contributed by atoms with Gasteiger partial charge in [-0.15, -0.1) is 0 Å². The van der Waals surface area contributed by atoms with E-state index in [-0.39, 0.29) is 11.3 Å². The molecule has 0 radical (unpaired) electrons. The molecule has 0 heterocycles. The Hall–Kier alpha value is -2.36. The van der Waals surface area contributed by atoms with Crippen molar-refractivity contribution in [2.75, 3.05) is 0 Å². The quantitative estimate of drug-likeness (QED) is 0.872. The summed E-state index contributed by atoms with van der Waals surface area (Å²) in [6.07, 6.45) is 3.56. The molecule has 0 atom stereocenters. The summed E-state index contributed by atoms with van der Waals surface area (Å²) in [7, 11) is 0. The highest BCUT2D eigenvalue weighted by molar-refractivity contribution is 5.86. The standard InChI is InChI=1S/C18H17FO3/c19-15-9-8-13(17(20)21)12-16(15)22-18(10-4-5-11-18)14-6-2-1-3-7-14/h1-3,6-9,12H,4-5,10-11H2,(H,20,21)/p-1. The summed E-state index contributed by atoms with van der Waals surface area (Å²) in [6.45, 7) is 0. The van der Waals surface area contributed by atoms with E-state index in [1.807, 2.05) is 30.3 Å². The summed E-state index contributed by atoms with van der Waals surface area (Å²) in [6, 6.07) is 13.2. The predicted octanol–water partition coefficient (Wildman–Crippen LogP) is 3.04. The molecule has 2 aromatic carbocycles. The van der Waals surface area contributed by atoms with Crippen molar-refractivity contribution in [3.63, 3.8) is 0 Å². The molecule has 3 rings (SSSR count). The van der Waals surface area contributed by atoms with Crippen LogP contribution in [-0.2, 0) is 5.60 Å². The number of hydrogen-bond acceptors (Lipinski definition) is 3. The first-order valence-corrected chi connectivity index (χ1v) is 7.36. The summed E-state index contributed by atoms with van der Waals surface area (Å²) in [5, 5.41) is 11.0. The molecule has 0 aromatic heterocycles. The van der Waals surface area contributed by atoms with Crippen LogP contribution in [0, 0.1) is 5.82 Å².